The van der Waals surface area contributed by atoms with Crippen molar-refractivity contribution in [3.8, 4) is 11.5 Å². The van der Waals surface area contributed by atoms with Crippen molar-refractivity contribution in [2.24, 2.45) is 0 Å². The molecule has 3 amide bonds. The van der Waals surface area contributed by atoms with E-state index in [-0.39, 0.29) is 32.1 Å². The number of halogens is 1. The maximum absolute atomic E-state index is 12.8. The molecule has 0 aliphatic carbocycles. The Hall–Kier alpha value is -3.62. The predicted molar refractivity (Wildman–Crippen MR) is 97.1 cm³/mol. The van der Waals surface area contributed by atoms with Crippen molar-refractivity contribution in [3.05, 3.63) is 54.3 Å². The molecule has 2 aromatic carbocycles. The second-order valence-corrected chi connectivity index (χ2v) is 5.89. The number of rotatable bonds is 5. The predicted octanol–water partition coefficient (Wildman–Crippen LogP) is 1.17. The number of nitrogens with zero attached hydrogens (tertiary/aromatic N) is 1. The zero-order chi connectivity index (χ0) is 19.9. The van der Waals surface area contributed by atoms with Crippen molar-refractivity contribution < 1.29 is 28.2 Å². The molecule has 0 fully saturated rings. The van der Waals surface area contributed by atoms with Gasteiger partial charge in [0.05, 0.1) is 18.7 Å². The van der Waals surface area contributed by atoms with Crippen molar-refractivity contribution in [2.75, 3.05) is 24.7 Å². The maximum atomic E-state index is 12.8. The first-order valence-electron chi connectivity index (χ1n) is 8.51. The van der Waals surface area contributed by atoms with E-state index in [0.29, 0.717) is 17.2 Å². The lowest BCUT2D eigenvalue weighted by Gasteiger charge is -2.21. The van der Waals surface area contributed by atoms with Crippen LogP contribution in [0.25, 0.3) is 0 Å². The van der Waals surface area contributed by atoms with E-state index in [9.17, 15) is 18.8 Å². The highest BCUT2D eigenvalue weighted by atomic mass is 19.1. The zero-order valence-electron chi connectivity index (χ0n) is 14.8. The van der Waals surface area contributed by atoms with Gasteiger partial charge in [0.1, 0.15) is 23.9 Å². The van der Waals surface area contributed by atoms with Crippen LogP contribution in [0, 0.1) is 5.82 Å². The molecule has 0 atom stereocenters. The summed E-state index contributed by atoms with van der Waals surface area (Å²) in [5, 5.41) is 0. The highest BCUT2D eigenvalue weighted by Gasteiger charge is 2.25. The molecule has 1 aliphatic rings. The van der Waals surface area contributed by atoms with Crippen LogP contribution in [0.3, 0.4) is 0 Å². The van der Waals surface area contributed by atoms with Crippen LogP contribution in [0.2, 0.25) is 0 Å². The Bertz CT molecular complexity index is 872. The van der Waals surface area contributed by atoms with Gasteiger partial charge in [-0.15, -0.1) is 0 Å². The second-order valence-electron chi connectivity index (χ2n) is 5.89. The van der Waals surface area contributed by atoms with Crippen molar-refractivity contribution in [2.45, 2.75) is 6.42 Å². The van der Waals surface area contributed by atoms with E-state index in [2.05, 4.69) is 10.9 Å². The van der Waals surface area contributed by atoms with Crippen molar-refractivity contribution in [1.82, 2.24) is 10.9 Å². The van der Waals surface area contributed by atoms with Gasteiger partial charge in [0, 0.05) is 0 Å². The Morgan fingerprint density at radius 3 is 2.57 bits per heavy atom. The molecule has 9 heteroatoms. The summed E-state index contributed by atoms with van der Waals surface area (Å²) in [4.78, 5) is 37.5. The minimum absolute atomic E-state index is 0.139. The van der Waals surface area contributed by atoms with Crippen molar-refractivity contribution in [1.29, 1.82) is 0 Å². The largest absolute Gasteiger partial charge is 0.491 e. The molecule has 1 aliphatic heterocycles. The molecule has 0 unspecified atom stereocenters. The Labute approximate surface area is 160 Å². The number of hydrazine groups is 1. The average Bonchev–Trinajstić information content (AvgIpc) is 2.85. The second kappa shape index (κ2) is 8.85. The molecule has 0 spiro atoms. The van der Waals surface area contributed by atoms with E-state index in [0.717, 1.165) is 0 Å². The van der Waals surface area contributed by atoms with Crippen molar-refractivity contribution in [3.63, 3.8) is 0 Å². The zero-order valence-corrected chi connectivity index (χ0v) is 14.8. The van der Waals surface area contributed by atoms with Crippen LogP contribution in [0.15, 0.2) is 48.5 Å². The summed E-state index contributed by atoms with van der Waals surface area (Å²) in [6, 6.07) is 12.1. The number of hydrogen-bond acceptors (Lipinski definition) is 5. The monoisotopic (exact) mass is 387 g/mol. The molecule has 28 heavy (non-hydrogen) atoms. The summed E-state index contributed by atoms with van der Waals surface area (Å²) in [5.74, 6) is -1.04. The lowest BCUT2D eigenvalue weighted by Crippen LogP contribution is -2.48. The Morgan fingerprint density at radius 1 is 1.07 bits per heavy atom. The molecule has 146 valence electrons. The summed E-state index contributed by atoms with van der Waals surface area (Å²) in [6.07, 6.45) is 0.139. The molecule has 2 aromatic rings. The third kappa shape index (κ3) is 4.97. The van der Waals surface area contributed by atoms with Gasteiger partial charge in [-0.3, -0.25) is 30.1 Å². The molecular formula is C19H18FN3O5. The molecule has 0 aromatic heterocycles. The number of fused-ring (bicyclic) bond motifs is 1. The minimum Gasteiger partial charge on any atom is -0.491 e. The van der Waals surface area contributed by atoms with Gasteiger partial charge in [-0.05, 0) is 36.4 Å². The van der Waals surface area contributed by atoms with E-state index in [1.807, 2.05) is 0 Å². The number of carbonyl (C=O) groups is 3. The minimum atomic E-state index is -0.608. The third-order valence-electron chi connectivity index (χ3n) is 3.86. The Kier molecular flexibility index (Phi) is 6.05. The fourth-order valence-electron chi connectivity index (χ4n) is 2.53. The molecular weight excluding hydrogens is 369 g/mol. The van der Waals surface area contributed by atoms with Gasteiger partial charge in [0.15, 0.2) is 6.61 Å². The number of amides is 3. The normalized spacial score (nSPS) is 13.0. The number of carbonyl (C=O) groups excluding carboxylic acids is 3. The summed E-state index contributed by atoms with van der Waals surface area (Å²) >= 11 is 0. The van der Waals surface area contributed by atoms with E-state index >= 15 is 0 Å². The highest BCUT2D eigenvalue weighted by molar-refractivity contribution is 6.00. The van der Waals surface area contributed by atoms with Crippen LogP contribution in [0.1, 0.15) is 6.42 Å². The molecule has 8 nitrogen and oxygen atoms in total. The van der Waals surface area contributed by atoms with Gasteiger partial charge in [0.2, 0.25) is 5.91 Å². The summed E-state index contributed by atoms with van der Waals surface area (Å²) in [5.41, 5.74) is 4.93. The smallest absolute Gasteiger partial charge is 0.276 e. The number of hydrogen-bond donors (Lipinski definition) is 2. The van der Waals surface area contributed by atoms with Gasteiger partial charge in [-0.2, -0.15) is 0 Å². The highest BCUT2D eigenvalue weighted by Crippen LogP contribution is 2.30. The van der Waals surface area contributed by atoms with Gasteiger partial charge in [-0.25, -0.2) is 4.39 Å². The number of para-hydroxylation sites is 2. The molecule has 3 rings (SSSR count). The van der Waals surface area contributed by atoms with Crippen LogP contribution in [-0.2, 0) is 14.4 Å². The van der Waals surface area contributed by atoms with E-state index in [1.165, 1.54) is 29.2 Å². The van der Waals surface area contributed by atoms with E-state index in [4.69, 9.17) is 9.47 Å². The topological polar surface area (TPSA) is 97.0 Å². The van der Waals surface area contributed by atoms with Gasteiger partial charge in [0.25, 0.3) is 11.8 Å². The standard InChI is InChI=1S/C19H18FN3O5/c20-13-5-7-14(8-6-13)28-12-18(25)22-21-17(24)11-23-15-3-1-2-4-16(15)27-10-9-19(23)26/h1-8H,9-12H2,(H,21,24)(H,22,25). The molecule has 0 saturated carbocycles. The maximum Gasteiger partial charge on any atom is 0.276 e. The fraction of sp³-hybridized carbons (Fsp3) is 0.211. The van der Waals surface area contributed by atoms with Crippen LogP contribution in [0.4, 0.5) is 10.1 Å². The summed E-state index contributed by atoms with van der Waals surface area (Å²) in [7, 11) is 0. The van der Waals surface area contributed by atoms with Crippen LogP contribution in [-0.4, -0.2) is 37.5 Å². The number of anilines is 1. The van der Waals surface area contributed by atoms with E-state index < -0.39 is 17.6 Å². The summed E-state index contributed by atoms with van der Waals surface area (Å²) < 4.78 is 23.5. The van der Waals surface area contributed by atoms with Crippen LogP contribution in [0.5, 0.6) is 11.5 Å². The van der Waals surface area contributed by atoms with Gasteiger partial charge < -0.3 is 9.47 Å². The Balaban J connectivity index is 1.50. The first-order valence-corrected chi connectivity index (χ1v) is 8.51. The van der Waals surface area contributed by atoms with Crippen LogP contribution >= 0.6 is 0 Å². The molecule has 0 saturated heterocycles. The molecule has 2 N–H and O–H groups in total. The van der Waals surface area contributed by atoms with Crippen molar-refractivity contribution >= 4 is 23.4 Å². The number of benzene rings is 2. The SMILES string of the molecule is O=C(COc1ccc(F)cc1)NNC(=O)CN1C(=O)CCOc2ccccc21. The van der Waals surface area contributed by atoms with E-state index in [1.54, 1.807) is 24.3 Å². The first kappa shape index (κ1) is 19.2. The molecule has 1 heterocycles. The van der Waals surface area contributed by atoms with Gasteiger partial charge in [-0.1, -0.05) is 12.1 Å². The number of ether oxygens (including phenoxy) is 2. The van der Waals surface area contributed by atoms with Gasteiger partial charge >= 0.3 is 0 Å². The van der Waals surface area contributed by atoms with Crippen LogP contribution < -0.4 is 25.2 Å². The fourth-order valence-corrected chi connectivity index (χ4v) is 2.53. The molecule has 0 radical (unpaired) electrons. The molecule has 0 bridgehead atoms. The first-order chi connectivity index (χ1) is 13.5. The summed E-state index contributed by atoms with van der Waals surface area (Å²) in [6.45, 7) is -0.422. The lowest BCUT2D eigenvalue weighted by atomic mass is 10.2. The average molecular weight is 387 g/mol. The number of nitrogens with one attached hydrogen (secondary N) is 2. The Morgan fingerprint density at radius 2 is 1.79 bits per heavy atom. The third-order valence-corrected chi connectivity index (χ3v) is 3.86. The lowest BCUT2D eigenvalue weighted by molar-refractivity contribution is -0.129. The quantitative estimate of drug-likeness (QED) is 0.751.